The lowest BCUT2D eigenvalue weighted by molar-refractivity contribution is -0.167. The number of hydrogen-bond acceptors (Lipinski definition) is 6. The van der Waals surface area contributed by atoms with Gasteiger partial charge >= 0.3 is 17.9 Å². The first-order valence-electron chi connectivity index (χ1n) is 26.1. The van der Waals surface area contributed by atoms with Crippen LogP contribution in [0.25, 0.3) is 0 Å². The van der Waals surface area contributed by atoms with Gasteiger partial charge in [0.2, 0.25) is 0 Å². The summed E-state index contributed by atoms with van der Waals surface area (Å²) in [6, 6.07) is 0. The van der Waals surface area contributed by atoms with Gasteiger partial charge in [-0.25, -0.2) is 0 Å². The smallest absolute Gasteiger partial charge is 0.306 e. The third-order valence-corrected chi connectivity index (χ3v) is 10.2. The lowest BCUT2D eigenvalue weighted by atomic mass is 10.1. The van der Waals surface area contributed by atoms with Gasteiger partial charge in [-0.3, -0.25) is 14.4 Å². The van der Waals surface area contributed by atoms with Crippen LogP contribution in [0.1, 0.15) is 188 Å². The maximum atomic E-state index is 12.8. The zero-order chi connectivity index (χ0) is 48.6. The molecule has 0 bridgehead atoms. The van der Waals surface area contributed by atoms with Crippen LogP contribution in [0.2, 0.25) is 0 Å². The second-order valence-electron chi connectivity index (χ2n) is 16.4. The third-order valence-electron chi connectivity index (χ3n) is 10.2. The van der Waals surface area contributed by atoms with Crippen molar-refractivity contribution < 1.29 is 28.6 Å². The molecule has 0 saturated carbocycles. The molecule has 0 radical (unpaired) electrons. The fourth-order valence-corrected chi connectivity index (χ4v) is 6.36. The summed E-state index contributed by atoms with van der Waals surface area (Å²) in [6.07, 6.45) is 77.9. The van der Waals surface area contributed by atoms with E-state index in [0.717, 1.165) is 122 Å². The fourth-order valence-electron chi connectivity index (χ4n) is 6.36. The van der Waals surface area contributed by atoms with E-state index >= 15 is 0 Å². The van der Waals surface area contributed by atoms with Crippen molar-refractivity contribution in [2.75, 3.05) is 13.2 Å². The number of carbonyl (C=O) groups excluding carboxylic acids is 3. The van der Waals surface area contributed by atoms with Crippen LogP contribution in [0.4, 0.5) is 0 Å². The van der Waals surface area contributed by atoms with E-state index in [4.69, 9.17) is 14.2 Å². The maximum absolute atomic E-state index is 12.8. The van der Waals surface area contributed by atoms with Crippen LogP contribution in [0, 0.1) is 0 Å². The first kappa shape index (κ1) is 62.0. The number of esters is 3. The van der Waals surface area contributed by atoms with Crippen LogP contribution < -0.4 is 0 Å². The van der Waals surface area contributed by atoms with Gasteiger partial charge in [-0.1, -0.05) is 217 Å². The van der Waals surface area contributed by atoms with E-state index in [-0.39, 0.29) is 44.0 Å². The Kier molecular flexibility index (Phi) is 49.7. The number of carbonyl (C=O) groups is 3. The number of rotatable bonds is 44. The highest BCUT2D eigenvalue weighted by atomic mass is 16.6. The van der Waals surface area contributed by atoms with E-state index in [0.29, 0.717) is 19.3 Å². The Morgan fingerprint density at radius 2 is 0.612 bits per heavy atom. The van der Waals surface area contributed by atoms with E-state index in [1.807, 2.05) is 60.8 Å². The largest absolute Gasteiger partial charge is 0.462 e. The molecule has 372 valence electrons. The van der Waals surface area contributed by atoms with Gasteiger partial charge < -0.3 is 14.2 Å². The molecule has 0 aromatic carbocycles. The normalized spacial score (nSPS) is 13.4. The summed E-state index contributed by atoms with van der Waals surface area (Å²) in [4.78, 5) is 38.1. The average molecular weight is 921 g/mol. The van der Waals surface area contributed by atoms with Gasteiger partial charge in [0.1, 0.15) is 13.2 Å². The molecule has 0 rings (SSSR count). The minimum Gasteiger partial charge on any atom is -0.462 e. The molecule has 0 aliphatic heterocycles. The molecular formula is C61H92O6. The van der Waals surface area contributed by atoms with Gasteiger partial charge in [-0.2, -0.15) is 0 Å². The summed E-state index contributed by atoms with van der Waals surface area (Å²) in [5.41, 5.74) is 0. The Labute approximate surface area is 409 Å². The molecular weight excluding hydrogens is 829 g/mol. The Hall–Kier alpha value is -4.97. The van der Waals surface area contributed by atoms with Gasteiger partial charge in [0, 0.05) is 19.3 Å². The lowest BCUT2D eigenvalue weighted by Gasteiger charge is -2.18. The van der Waals surface area contributed by atoms with Crippen molar-refractivity contribution >= 4 is 17.9 Å². The number of allylic oxidation sites excluding steroid dienone is 26. The van der Waals surface area contributed by atoms with Crippen molar-refractivity contribution in [1.82, 2.24) is 0 Å². The monoisotopic (exact) mass is 921 g/mol. The highest BCUT2D eigenvalue weighted by Gasteiger charge is 2.19. The van der Waals surface area contributed by atoms with Crippen LogP contribution in [-0.4, -0.2) is 37.2 Å². The summed E-state index contributed by atoms with van der Waals surface area (Å²) in [6.45, 7) is 6.16. The van der Waals surface area contributed by atoms with Crippen LogP contribution in [0.3, 0.4) is 0 Å². The molecule has 1 atom stereocenters. The highest BCUT2D eigenvalue weighted by Crippen LogP contribution is 2.12. The van der Waals surface area contributed by atoms with Crippen molar-refractivity contribution in [2.45, 2.75) is 194 Å². The third kappa shape index (κ3) is 51.9. The SMILES string of the molecule is CC\C=C/C=C\C=C/C=C\C=C\C=C/CCCCCC(=O)OCC(COC(=O)CCCCCCCC/C=C\C/C=C\C/C=C\CC)OC(=O)CCCCC/C=C\C/C=C\C/C=C\C/C=C\CC. The van der Waals surface area contributed by atoms with E-state index < -0.39 is 6.10 Å². The van der Waals surface area contributed by atoms with E-state index in [1.54, 1.807) is 0 Å². The predicted molar refractivity (Wildman–Crippen MR) is 288 cm³/mol. The zero-order valence-electron chi connectivity index (χ0n) is 42.3. The van der Waals surface area contributed by atoms with E-state index in [1.165, 1.54) is 12.8 Å². The van der Waals surface area contributed by atoms with Gasteiger partial charge in [-0.15, -0.1) is 0 Å². The fraction of sp³-hybridized carbons (Fsp3) is 0.525. The maximum Gasteiger partial charge on any atom is 0.306 e. The van der Waals surface area contributed by atoms with E-state index in [9.17, 15) is 14.4 Å². The number of unbranched alkanes of at least 4 members (excludes halogenated alkanes) is 12. The number of hydrogen-bond donors (Lipinski definition) is 0. The summed E-state index contributed by atoms with van der Waals surface area (Å²) in [5.74, 6) is -1.02. The predicted octanol–water partition coefficient (Wildman–Crippen LogP) is 17.4. The molecule has 0 spiro atoms. The van der Waals surface area contributed by atoms with Crippen LogP contribution in [0.15, 0.2) is 158 Å². The van der Waals surface area contributed by atoms with Crippen molar-refractivity contribution in [1.29, 1.82) is 0 Å². The number of ether oxygens (including phenoxy) is 3. The molecule has 1 unspecified atom stereocenters. The molecule has 0 heterocycles. The lowest BCUT2D eigenvalue weighted by Crippen LogP contribution is -2.30. The van der Waals surface area contributed by atoms with Crippen LogP contribution >= 0.6 is 0 Å². The molecule has 0 aromatic heterocycles. The summed E-state index contributed by atoms with van der Waals surface area (Å²) >= 11 is 0. The Bertz CT molecular complexity index is 1570. The van der Waals surface area contributed by atoms with Crippen molar-refractivity contribution in [3.05, 3.63) is 158 Å². The minimum atomic E-state index is -0.827. The van der Waals surface area contributed by atoms with Crippen molar-refractivity contribution in [2.24, 2.45) is 0 Å². The molecule has 0 amide bonds. The van der Waals surface area contributed by atoms with Crippen molar-refractivity contribution in [3.8, 4) is 0 Å². The van der Waals surface area contributed by atoms with Gasteiger partial charge in [0.15, 0.2) is 6.10 Å². The van der Waals surface area contributed by atoms with Crippen LogP contribution in [0.5, 0.6) is 0 Å². The molecule has 0 aliphatic rings. The molecule has 6 heteroatoms. The van der Waals surface area contributed by atoms with Gasteiger partial charge in [0.05, 0.1) is 0 Å². The Balaban J connectivity index is 4.60. The van der Waals surface area contributed by atoms with Crippen molar-refractivity contribution in [3.63, 3.8) is 0 Å². The van der Waals surface area contributed by atoms with E-state index in [2.05, 4.69) is 118 Å². The summed E-state index contributed by atoms with van der Waals surface area (Å²) < 4.78 is 16.7. The molecule has 0 fully saturated rings. The summed E-state index contributed by atoms with van der Waals surface area (Å²) in [5, 5.41) is 0. The molecule has 0 N–H and O–H groups in total. The standard InChI is InChI=1S/C61H92O6/c1-4-7-10-13-16-19-22-25-28-31-34-36-39-42-45-48-51-54-60(63)66-57-58(67-61(64)55-52-49-46-43-40-37-33-30-27-24-21-18-15-12-9-6-3)56-65-59(62)53-50-47-44-41-38-35-32-29-26-23-20-17-14-11-8-5-2/h7-13,16-22,25-31,34,36-37,39-40,58H,4-6,14-15,23-24,32-33,35,38,41-57H2,1-3H3/b10-7-,11-8-,12-9-,16-13-,20-17-,21-18-,22-19-,28-25-,29-26-,30-27-,34-31+,39-36-,40-37-. The first-order chi connectivity index (χ1) is 33.0. The molecule has 0 saturated heterocycles. The zero-order valence-corrected chi connectivity index (χ0v) is 42.3. The molecule has 0 aliphatic carbocycles. The van der Waals surface area contributed by atoms with Gasteiger partial charge in [0.25, 0.3) is 0 Å². The molecule has 0 aromatic rings. The second-order valence-corrected chi connectivity index (χ2v) is 16.4. The average Bonchev–Trinajstić information content (AvgIpc) is 3.33. The second kappa shape index (κ2) is 53.6. The van der Waals surface area contributed by atoms with Crippen LogP contribution in [-0.2, 0) is 28.6 Å². The Morgan fingerprint density at radius 1 is 0.313 bits per heavy atom. The first-order valence-corrected chi connectivity index (χ1v) is 26.1. The highest BCUT2D eigenvalue weighted by molar-refractivity contribution is 5.71. The molecule has 67 heavy (non-hydrogen) atoms. The quantitative estimate of drug-likeness (QED) is 0.0199. The Morgan fingerprint density at radius 3 is 1.03 bits per heavy atom. The minimum absolute atomic E-state index is 0.121. The van der Waals surface area contributed by atoms with Gasteiger partial charge in [-0.05, 0) is 109 Å². The summed E-state index contributed by atoms with van der Waals surface area (Å²) in [7, 11) is 0. The molecule has 6 nitrogen and oxygen atoms in total. The topological polar surface area (TPSA) is 78.9 Å².